The van der Waals surface area contributed by atoms with Crippen LogP contribution in [0.4, 0.5) is 4.39 Å². The first-order chi connectivity index (χ1) is 8.99. The Kier molecular flexibility index (Phi) is 3.80. The number of amides is 1. The van der Waals surface area contributed by atoms with Gasteiger partial charge in [0.1, 0.15) is 5.82 Å². The number of carbonyl (C=O) groups is 2. The number of aliphatic hydroxyl groups excluding tert-OH is 1. The highest BCUT2D eigenvalue weighted by Crippen LogP contribution is 2.30. The molecule has 1 amide bonds. The fraction of sp³-hybridized carbons (Fsp3) is 0.385. The van der Waals surface area contributed by atoms with Crippen LogP contribution in [0.15, 0.2) is 24.3 Å². The van der Waals surface area contributed by atoms with E-state index in [1.807, 2.05) is 0 Å². The van der Waals surface area contributed by atoms with E-state index in [-0.39, 0.29) is 30.9 Å². The van der Waals surface area contributed by atoms with Crippen LogP contribution in [0.5, 0.6) is 0 Å². The molecule has 0 aromatic heterocycles. The Labute approximate surface area is 109 Å². The first-order valence-corrected chi connectivity index (χ1v) is 5.92. The van der Waals surface area contributed by atoms with Crippen LogP contribution in [0, 0.1) is 5.82 Å². The van der Waals surface area contributed by atoms with Gasteiger partial charge < -0.3 is 15.1 Å². The number of carboxylic acid groups (broad SMARTS) is 1. The molecule has 102 valence electrons. The molecule has 6 heteroatoms. The summed E-state index contributed by atoms with van der Waals surface area (Å²) in [4.78, 5) is 23.9. The molecule has 1 aliphatic heterocycles. The number of nitrogens with zero attached hydrogens (tertiary/aromatic N) is 1. The SMILES string of the molecule is O=C(O)CC(c1ccccc1F)N1CC(O)CC1=O. The van der Waals surface area contributed by atoms with Gasteiger partial charge in [-0.1, -0.05) is 18.2 Å². The third kappa shape index (κ3) is 2.90. The standard InChI is InChI=1S/C13H14FNO4/c14-10-4-2-1-3-9(10)11(6-13(18)19)15-7-8(16)5-12(15)17/h1-4,8,11,16H,5-7H2,(H,18,19). The van der Waals surface area contributed by atoms with E-state index in [1.165, 1.54) is 23.1 Å². The molecule has 2 atom stereocenters. The molecule has 2 unspecified atom stereocenters. The average molecular weight is 267 g/mol. The van der Waals surface area contributed by atoms with E-state index in [0.29, 0.717) is 0 Å². The van der Waals surface area contributed by atoms with Gasteiger partial charge in [0, 0.05) is 12.1 Å². The molecular formula is C13H14FNO4. The average Bonchev–Trinajstić information content (AvgIpc) is 2.66. The minimum Gasteiger partial charge on any atom is -0.481 e. The number of aliphatic carboxylic acids is 1. The number of hydrogen-bond donors (Lipinski definition) is 2. The third-order valence-corrected chi connectivity index (χ3v) is 3.15. The summed E-state index contributed by atoms with van der Waals surface area (Å²) in [5, 5.41) is 18.4. The van der Waals surface area contributed by atoms with Crippen molar-refractivity contribution in [3.63, 3.8) is 0 Å². The van der Waals surface area contributed by atoms with Gasteiger partial charge in [-0.15, -0.1) is 0 Å². The Balaban J connectivity index is 2.34. The Morgan fingerprint density at radius 2 is 2.16 bits per heavy atom. The normalized spacial score (nSPS) is 20.6. The van der Waals surface area contributed by atoms with Crippen molar-refractivity contribution in [2.75, 3.05) is 6.54 Å². The van der Waals surface area contributed by atoms with Gasteiger partial charge in [-0.25, -0.2) is 4.39 Å². The van der Waals surface area contributed by atoms with E-state index in [2.05, 4.69) is 0 Å². The number of carbonyl (C=O) groups excluding carboxylic acids is 1. The Morgan fingerprint density at radius 3 is 2.68 bits per heavy atom. The molecule has 0 aliphatic carbocycles. The van der Waals surface area contributed by atoms with Crippen LogP contribution in [-0.2, 0) is 9.59 Å². The zero-order valence-corrected chi connectivity index (χ0v) is 10.1. The van der Waals surface area contributed by atoms with Gasteiger partial charge in [-0.2, -0.15) is 0 Å². The molecule has 2 rings (SSSR count). The number of hydrogen-bond acceptors (Lipinski definition) is 3. The predicted octanol–water partition coefficient (Wildman–Crippen LogP) is 0.935. The van der Waals surface area contributed by atoms with Crippen LogP contribution in [-0.4, -0.2) is 39.6 Å². The van der Waals surface area contributed by atoms with Crippen LogP contribution in [0.1, 0.15) is 24.4 Å². The summed E-state index contributed by atoms with van der Waals surface area (Å²) in [7, 11) is 0. The van der Waals surface area contributed by atoms with Crippen molar-refractivity contribution in [1.82, 2.24) is 4.90 Å². The van der Waals surface area contributed by atoms with Crippen molar-refractivity contribution in [1.29, 1.82) is 0 Å². The summed E-state index contributed by atoms with van der Waals surface area (Å²) in [5.41, 5.74) is 0.160. The van der Waals surface area contributed by atoms with Gasteiger partial charge in [0.2, 0.25) is 5.91 Å². The van der Waals surface area contributed by atoms with Crippen molar-refractivity contribution < 1.29 is 24.2 Å². The monoisotopic (exact) mass is 267 g/mol. The lowest BCUT2D eigenvalue weighted by molar-refractivity contribution is -0.140. The number of β-amino-alcohol motifs (C(OH)–C–C–N with tert-alkyl or cyclic N) is 1. The van der Waals surface area contributed by atoms with Gasteiger partial charge in [0.05, 0.1) is 25.0 Å². The molecular weight excluding hydrogens is 253 g/mol. The van der Waals surface area contributed by atoms with Crippen molar-refractivity contribution in [2.45, 2.75) is 25.0 Å². The summed E-state index contributed by atoms with van der Waals surface area (Å²) in [6.45, 7) is 0.0329. The van der Waals surface area contributed by atoms with Gasteiger partial charge in [0.15, 0.2) is 0 Å². The molecule has 1 heterocycles. The van der Waals surface area contributed by atoms with Crippen LogP contribution >= 0.6 is 0 Å². The molecule has 19 heavy (non-hydrogen) atoms. The van der Waals surface area contributed by atoms with Crippen LogP contribution in [0.25, 0.3) is 0 Å². The Bertz CT molecular complexity index is 505. The molecule has 1 saturated heterocycles. The van der Waals surface area contributed by atoms with Crippen LogP contribution < -0.4 is 0 Å². The molecule has 0 bridgehead atoms. The molecule has 1 fully saturated rings. The minimum absolute atomic E-state index is 0.0329. The van der Waals surface area contributed by atoms with Gasteiger partial charge in [-0.05, 0) is 6.07 Å². The zero-order chi connectivity index (χ0) is 14.0. The maximum atomic E-state index is 13.8. The summed E-state index contributed by atoms with van der Waals surface area (Å²) >= 11 is 0. The van der Waals surface area contributed by atoms with E-state index >= 15 is 0 Å². The largest absolute Gasteiger partial charge is 0.481 e. The highest BCUT2D eigenvalue weighted by atomic mass is 19.1. The Hall–Kier alpha value is -1.95. The number of halogens is 1. The van der Waals surface area contributed by atoms with E-state index in [4.69, 9.17) is 5.11 Å². The van der Waals surface area contributed by atoms with Crippen LogP contribution in [0.3, 0.4) is 0 Å². The molecule has 1 aromatic carbocycles. The molecule has 2 N–H and O–H groups in total. The highest BCUT2D eigenvalue weighted by molar-refractivity contribution is 5.80. The number of carboxylic acids is 1. The molecule has 5 nitrogen and oxygen atoms in total. The van der Waals surface area contributed by atoms with E-state index in [9.17, 15) is 19.1 Å². The number of benzene rings is 1. The summed E-state index contributed by atoms with van der Waals surface area (Å²) < 4.78 is 13.8. The van der Waals surface area contributed by atoms with E-state index in [0.717, 1.165) is 0 Å². The van der Waals surface area contributed by atoms with Crippen molar-refractivity contribution in [2.24, 2.45) is 0 Å². The summed E-state index contributed by atoms with van der Waals surface area (Å²) in [5.74, 6) is -2.03. The molecule has 0 saturated carbocycles. The van der Waals surface area contributed by atoms with Gasteiger partial charge in [0.25, 0.3) is 0 Å². The van der Waals surface area contributed by atoms with Gasteiger partial charge in [-0.3, -0.25) is 9.59 Å². The topological polar surface area (TPSA) is 77.8 Å². The van der Waals surface area contributed by atoms with Crippen molar-refractivity contribution >= 4 is 11.9 Å². The lowest BCUT2D eigenvalue weighted by Crippen LogP contribution is -2.33. The van der Waals surface area contributed by atoms with Gasteiger partial charge >= 0.3 is 5.97 Å². The first kappa shape index (κ1) is 13.5. The Morgan fingerprint density at radius 1 is 1.47 bits per heavy atom. The lowest BCUT2D eigenvalue weighted by atomic mass is 10.0. The molecule has 0 radical (unpaired) electrons. The smallest absolute Gasteiger partial charge is 0.305 e. The zero-order valence-electron chi connectivity index (χ0n) is 10.1. The quantitative estimate of drug-likeness (QED) is 0.851. The number of rotatable bonds is 4. The molecule has 1 aliphatic rings. The number of aliphatic hydroxyl groups is 1. The second kappa shape index (κ2) is 5.36. The first-order valence-electron chi connectivity index (χ1n) is 5.92. The van der Waals surface area contributed by atoms with E-state index < -0.39 is 23.9 Å². The summed E-state index contributed by atoms with van der Waals surface area (Å²) in [6, 6.07) is 4.88. The van der Waals surface area contributed by atoms with Crippen molar-refractivity contribution in [3.05, 3.63) is 35.6 Å². The minimum atomic E-state index is -1.12. The fourth-order valence-electron chi connectivity index (χ4n) is 2.31. The fourth-order valence-corrected chi connectivity index (χ4v) is 2.31. The second-order valence-corrected chi connectivity index (χ2v) is 4.54. The summed E-state index contributed by atoms with van der Waals surface area (Å²) in [6.07, 6.45) is -1.26. The highest BCUT2D eigenvalue weighted by Gasteiger charge is 2.36. The van der Waals surface area contributed by atoms with E-state index in [1.54, 1.807) is 6.07 Å². The maximum absolute atomic E-state index is 13.8. The molecule has 1 aromatic rings. The van der Waals surface area contributed by atoms with Crippen LogP contribution in [0.2, 0.25) is 0 Å². The second-order valence-electron chi connectivity index (χ2n) is 4.54. The molecule has 0 spiro atoms. The van der Waals surface area contributed by atoms with Crippen molar-refractivity contribution in [3.8, 4) is 0 Å². The number of likely N-dealkylation sites (tertiary alicyclic amines) is 1. The lowest BCUT2D eigenvalue weighted by Gasteiger charge is -2.27. The predicted molar refractivity (Wildman–Crippen MR) is 63.7 cm³/mol. The third-order valence-electron chi connectivity index (χ3n) is 3.15. The maximum Gasteiger partial charge on any atom is 0.305 e.